The van der Waals surface area contributed by atoms with Crippen LogP contribution in [0.3, 0.4) is 0 Å². The molecular weight excluding hydrogens is 240 g/mol. The molecule has 2 rings (SSSR count). The van der Waals surface area contributed by atoms with Crippen molar-refractivity contribution >= 4 is 11.8 Å². The van der Waals surface area contributed by atoms with E-state index in [2.05, 4.69) is 42.3 Å². The molecule has 0 aromatic heterocycles. The lowest BCUT2D eigenvalue weighted by atomic mass is 9.92. The van der Waals surface area contributed by atoms with Crippen LogP contribution < -0.4 is 5.73 Å². The van der Waals surface area contributed by atoms with Gasteiger partial charge in [-0.25, -0.2) is 0 Å². The molecule has 0 saturated heterocycles. The Morgan fingerprint density at radius 1 is 1.33 bits per heavy atom. The summed E-state index contributed by atoms with van der Waals surface area (Å²) in [6, 6.07) is 11.7. The Morgan fingerprint density at radius 3 is 2.67 bits per heavy atom. The Bertz CT molecular complexity index is 338. The third-order valence-electron chi connectivity index (χ3n) is 3.76. The fraction of sp³-hybridized carbons (Fsp3) is 0.600. The molecule has 18 heavy (non-hydrogen) atoms. The number of nitrogens with zero attached hydrogens (tertiary/aromatic N) is 1. The minimum absolute atomic E-state index is 0.303. The molecule has 1 aliphatic carbocycles. The third-order valence-corrected chi connectivity index (χ3v) is 4.96. The number of thioether (sulfide) groups is 1. The Labute approximate surface area is 115 Å². The maximum atomic E-state index is 6.18. The lowest BCUT2D eigenvalue weighted by Crippen LogP contribution is -2.39. The molecule has 0 amide bonds. The zero-order valence-corrected chi connectivity index (χ0v) is 12.0. The maximum Gasteiger partial charge on any atom is 0.0146 e. The van der Waals surface area contributed by atoms with Gasteiger partial charge in [0.05, 0.1) is 0 Å². The highest BCUT2D eigenvalue weighted by Crippen LogP contribution is 2.24. The Balaban J connectivity index is 1.61. The van der Waals surface area contributed by atoms with Crippen molar-refractivity contribution in [1.29, 1.82) is 0 Å². The van der Waals surface area contributed by atoms with Gasteiger partial charge in [0.2, 0.25) is 0 Å². The Kier molecular flexibility index (Phi) is 5.54. The topological polar surface area (TPSA) is 29.3 Å². The first-order valence-electron chi connectivity index (χ1n) is 6.89. The molecule has 2 nitrogen and oxygen atoms in total. The van der Waals surface area contributed by atoms with Crippen molar-refractivity contribution in [1.82, 2.24) is 4.90 Å². The van der Waals surface area contributed by atoms with Gasteiger partial charge in [-0.15, -0.1) is 11.8 Å². The Morgan fingerprint density at radius 2 is 2.06 bits per heavy atom. The molecule has 100 valence electrons. The van der Waals surface area contributed by atoms with Gasteiger partial charge in [0, 0.05) is 22.7 Å². The summed E-state index contributed by atoms with van der Waals surface area (Å²) in [6.07, 6.45) is 5.27. The standard InChI is InChI=1S/C15H24N2S/c1-17(14-6-5-7-14)11-10-13(16)12-18-15-8-3-2-4-9-15/h2-4,8-9,13-14H,5-7,10-12,16H2,1H3/t13-/m1/s1. The first kappa shape index (κ1) is 13.9. The van der Waals surface area contributed by atoms with E-state index >= 15 is 0 Å². The van der Waals surface area contributed by atoms with Crippen LogP contribution in [0.2, 0.25) is 0 Å². The zero-order valence-electron chi connectivity index (χ0n) is 11.2. The quantitative estimate of drug-likeness (QED) is 0.768. The average Bonchev–Trinajstić information content (AvgIpc) is 2.33. The van der Waals surface area contributed by atoms with Gasteiger partial charge in [-0.05, 0) is 45.0 Å². The van der Waals surface area contributed by atoms with Crippen LogP contribution in [-0.2, 0) is 0 Å². The number of rotatable bonds is 7. The molecular formula is C15H24N2S. The van der Waals surface area contributed by atoms with Gasteiger partial charge in [0.25, 0.3) is 0 Å². The van der Waals surface area contributed by atoms with Crippen LogP contribution >= 0.6 is 11.8 Å². The predicted octanol–water partition coefficient (Wildman–Crippen LogP) is 2.98. The molecule has 1 aromatic carbocycles. The first-order valence-corrected chi connectivity index (χ1v) is 7.88. The van der Waals surface area contributed by atoms with Crippen LogP contribution in [0.4, 0.5) is 0 Å². The van der Waals surface area contributed by atoms with Gasteiger partial charge >= 0.3 is 0 Å². The fourth-order valence-electron chi connectivity index (χ4n) is 2.18. The number of benzene rings is 1. The van der Waals surface area contributed by atoms with E-state index in [0.29, 0.717) is 6.04 Å². The number of nitrogens with two attached hydrogens (primary N) is 1. The molecule has 1 saturated carbocycles. The molecule has 1 aromatic rings. The average molecular weight is 264 g/mol. The van der Waals surface area contributed by atoms with Crippen molar-refractivity contribution in [3.8, 4) is 0 Å². The van der Waals surface area contributed by atoms with Gasteiger partial charge in [-0.1, -0.05) is 24.6 Å². The molecule has 0 aliphatic heterocycles. The van der Waals surface area contributed by atoms with Gasteiger partial charge in [0.15, 0.2) is 0 Å². The van der Waals surface area contributed by atoms with Crippen LogP contribution in [0.5, 0.6) is 0 Å². The molecule has 0 bridgehead atoms. The van der Waals surface area contributed by atoms with Gasteiger partial charge < -0.3 is 10.6 Å². The molecule has 1 aliphatic rings. The van der Waals surface area contributed by atoms with E-state index in [0.717, 1.165) is 24.8 Å². The second-order valence-electron chi connectivity index (χ2n) is 5.24. The minimum Gasteiger partial charge on any atom is -0.327 e. The summed E-state index contributed by atoms with van der Waals surface area (Å²) in [5.41, 5.74) is 6.18. The van der Waals surface area contributed by atoms with E-state index in [-0.39, 0.29) is 0 Å². The SMILES string of the molecule is CN(CC[C@@H](N)CSc1ccccc1)C1CCC1. The molecule has 0 heterocycles. The van der Waals surface area contributed by atoms with E-state index in [1.807, 2.05) is 11.8 Å². The number of hydrogen-bond acceptors (Lipinski definition) is 3. The normalized spacial score (nSPS) is 17.7. The van der Waals surface area contributed by atoms with Crippen molar-refractivity contribution in [3.63, 3.8) is 0 Å². The molecule has 0 radical (unpaired) electrons. The van der Waals surface area contributed by atoms with Gasteiger partial charge in [-0.2, -0.15) is 0 Å². The predicted molar refractivity (Wildman–Crippen MR) is 80.0 cm³/mol. The highest BCUT2D eigenvalue weighted by Gasteiger charge is 2.21. The summed E-state index contributed by atoms with van der Waals surface area (Å²) >= 11 is 1.86. The highest BCUT2D eigenvalue weighted by atomic mass is 32.2. The summed E-state index contributed by atoms with van der Waals surface area (Å²) in [7, 11) is 2.24. The van der Waals surface area contributed by atoms with E-state index in [1.165, 1.54) is 24.2 Å². The molecule has 0 spiro atoms. The lowest BCUT2D eigenvalue weighted by Gasteiger charge is -2.35. The van der Waals surface area contributed by atoms with Crippen molar-refractivity contribution < 1.29 is 0 Å². The fourth-order valence-corrected chi connectivity index (χ4v) is 3.11. The molecule has 1 fully saturated rings. The number of hydrogen-bond donors (Lipinski definition) is 1. The van der Waals surface area contributed by atoms with Crippen molar-refractivity contribution in [2.24, 2.45) is 5.73 Å². The van der Waals surface area contributed by atoms with Crippen LogP contribution in [0.1, 0.15) is 25.7 Å². The van der Waals surface area contributed by atoms with Crippen molar-refractivity contribution in [3.05, 3.63) is 30.3 Å². The lowest BCUT2D eigenvalue weighted by molar-refractivity contribution is 0.156. The first-order chi connectivity index (χ1) is 8.75. The van der Waals surface area contributed by atoms with E-state index in [4.69, 9.17) is 5.73 Å². The zero-order chi connectivity index (χ0) is 12.8. The second-order valence-corrected chi connectivity index (χ2v) is 6.33. The second kappa shape index (κ2) is 7.17. The van der Waals surface area contributed by atoms with Crippen LogP contribution in [0.15, 0.2) is 35.2 Å². The third kappa shape index (κ3) is 4.30. The molecule has 1 atom stereocenters. The van der Waals surface area contributed by atoms with Crippen molar-refractivity contribution in [2.75, 3.05) is 19.3 Å². The van der Waals surface area contributed by atoms with Gasteiger partial charge in [-0.3, -0.25) is 0 Å². The van der Waals surface area contributed by atoms with E-state index < -0.39 is 0 Å². The van der Waals surface area contributed by atoms with Crippen LogP contribution in [0, 0.1) is 0 Å². The minimum atomic E-state index is 0.303. The van der Waals surface area contributed by atoms with E-state index in [9.17, 15) is 0 Å². The van der Waals surface area contributed by atoms with E-state index in [1.54, 1.807) is 0 Å². The largest absolute Gasteiger partial charge is 0.327 e. The summed E-state index contributed by atoms with van der Waals surface area (Å²) in [5.74, 6) is 1.02. The Hall–Kier alpha value is -0.510. The highest BCUT2D eigenvalue weighted by molar-refractivity contribution is 7.99. The van der Waals surface area contributed by atoms with Crippen molar-refractivity contribution in [2.45, 2.75) is 42.7 Å². The summed E-state index contributed by atoms with van der Waals surface area (Å²) in [5, 5.41) is 0. The smallest absolute Gasteiger partial charge is 0.0146 e. The summed E-state index contributed by atoms with van der Waals surface area (Å²) in [6.45, 7) is 1.14. The molecule has 3 heteroatoms. The maximum absolute atomic E-state index is 6.18. The molecule has 2 N–H and O–H groups in total. The van der Waals surface area contributed by atoms with Crippen LogP contribution in [-0.4, -0.2) is 36.3 Å². The molecule has 0 unspecified atom stereocenters. The van der Waals surface area contributed by atoms with Gasteiger partial charge in [0.1, 0.15) is 0 Å². The summed E-state index contributed by atoms with van der Waals surface area (Å²) in [4.78, 5) is 3.80. The summed E-state index contributed by atoms with van der Waals surface area (Å²) < 4.78 is 0. The monoisotopic (exact) mass is 264 g/mol. The van der Waals surface area contributed by atoms with Crippen LogP contribution in [0.25, 0.3) is 0 Å².